The van der Waals surface area contributed by atoms with E-state index in [1.165, 1.54) is 24.8 Å². The second kappa shape index (κ2) is 8.18. The quantitative estimate of drug-likeness (QED) is 0.797. The van der Waals surface area contributed by atoms with E-state index in [-0.39, 0.29) is 5.91 Å². The molecule has 1 N–H and O–H groups in total. The van der Waals surface area contributed by atoms with Crippen molar-refractivity contribution in [3.63, 3.8) is 0 Å². The number of hydrogen-bond donors (Lipinski definition) is 1. The lowest BCUT2D eigenvalue weighted by Gasteiger charge is -2.32. The molecule has 3 nitrogen and oxygen atoms in total. The third-order valence-corrected chi connectivity index (χ3v) is 4.06. The second-order valence-electron chi connectivity index (χ2n) is 6.65. The third-order valence-electron chi connectivity index (χ3n) is 4.06. The number of rotatable bonds is 8. The fraction of sp³-hybridized carbons (Fsp3) is 0.611. The van der Waals surface area contributed by atoms with E-state index in [1.807, 2.05) is 6.07 Å². The average molecular weight is 288 g/mol. The molecule has 0 spiro atoms. The van der Waals surface area contributed by atoms with Crippen LogP contribution in [-0.2, 0) is 11.3 Å². The maximum atomic E-state index is 12.1. The first-order valence-electron chi connectivity index (χ1n) is 8.16. The molecule has 0 aromatic heterocycles. The highest BCUT2D eigenvalue weighted by atomic mass is 16.2. The Labute approximate surface area is 128 Å². The lowest BCUT2D eigenvalue weighted by atomic mass is 9.85. The van der Waals surface area contributed by atoms with Crippen molar-refractivity contribution in [1.29, 1.82) is 0 Å². The van der Waals surface area contributed by atoms with E-state index in [4.69, 9.17) is 0 Å². The molecule has 1 aliphatic rings. The molecule has 0 atom stereocenters. The van der Waals surface area contributed by atoms with Crippen molar-refractivity contribution >= 4 is 5.91 Å². The minimum atomic E-state index is 0.152. The van der Waals surface area contributed by atoms with Crippen LogP contribution in [0.15, 0.2) is 30.3 Å². The van der Waals surface area contributed by atoms with Crippen LogP contribution in [0.3, 0.4) is 0 Å². The van der Waals surface area contributed by atoms with Crippen molar-refractivity contribution in [2.75, 3.05) is 19.6 Å². The van der Waals surface area contributed by atoms with Crippen LogP contribution in [0.1, 0.15) is 38.7 Å². The zero-order valence-corrected chi connectivity index (χ0v) is 13.3. The molecule has 0 heterocycles. The van der Waals surface area contributed by atoms with Crippen molar-refractivity contribution < 1.29 is 4.79 Å². The molecule has 0 bridgehead atoms. The minimum Gasteiger partial charge on any atom is -0.355 e. The van der Waals surface area contributed by atoms with Gasteiger partial charge < -0.3 is 5.32 Å². The van der Waals surface area contributed by atoms with E-state index in [1.54, 1.807) is 0 Å². The van der Waals surface area contributed by atoms with Gasteiger partial charge in [-0.15, -0.1) is 0 Å². The second-order valence-corrected chi connectivity index (χ2v) is 6.65. The summed E-state index contributed by atoms with van der Waals surface area (Å²) < 4.78 is 0. The fourth-order valence-corrected chi connectivity index (χ4v) is 2.64. The van der Waals surface area contributed by atoms with Gasteiger partial charge in [-0.25, -0.2) is 0 Å². The predicted molar refractivity (Wildman–Crippen MR) is 86.9 cm³/mol. The normalized spacial score (nSPS) is 15.2. The highest BCUT2D eigenvalue weighted by Crippen LogP contribution is 2.27. The lowest BCUT2D eigenvalue weighted by Crippen LogP contribution is -2.41. The number of carbonyl (C=O) groups excluding carboxylic acids is 1. The Kier molecular flexibility index (Phi) is 6.24. The number of hydrogen-bond acceptors (Lipinski definition) is 2. The van der Waals surface area contributed by atoms with E-state index in [0.29, 0.717) is 12.5 Å². The smallest absolute Gasteiger partial charge is 0.234 e. The largest absolute Gasteiger partial charge is 0.355 e. The number of nitrogens with zero attached hydrogens (tertiary/aromatic N) is 1. The van der Waals surface area contributed by atoms with Crippen LogP contribution in [0.2, 0.25) is 0 Å². The van der Waals surface area contributed by atoms with Crippen LogP contribution >= 0.6 is 0 Å². The molecule has 0 saturated heterocycles. The van der Waals surface area contributed by atoms with Gasteiger partial charge in [0.25, 0.3) is 0 Å². The number of benzene rings is 1. The van der Waals surface area contributed by atoms with Gasteiger partial charge in [0.15, 0.2) is 0 Å². The summed E-state index contributed by atoms with van der Waals surface area (Å²) in [6, 6.07) is 10.4. The molecule has 1 amide bonds. The molecular formula is C18H28N2O. The van der Waals surface area contributed by atoms with Gasteiger partial charge in [-0.2, -0.15) is 0 Å². The van der Waals surface area contributed by atoms with Gasteiger partial charge in [-0.3, -0.25) is 9.69 Å². The van der Waals surface area contributed by atoms with Crippen molar-refractivity contribution in [3.8, 4) is 0 Å². The molecule has 3 heteroatoms. The Morgan fingerprint density at radius 1 is 1.29 bits per heavy atom. The molecule has 0 radical (unpaired) electrons. The van der Waals surface area contributed by atoms with Crippen LogP contribution in [0.5, 0.6) is 0 Å². The highest BCUT2D eigenvalue weighted by Gasteiger charge is 2.22. The van der Waals surface area contributed by atoms with E-state index in [9.17, 15) is 4.79 Å². The summed E-state index contributed by atoms with van der Waals surface area (Å²) >= 11 is 0. The Morgan fingerprint density at radius 2 is 2.00 bits per heavy atom. The highest BCUT2D eigenvalue weighted by molar-refractivity contribution is 5.78. The topological polar surface area (TPSA) is 32.3 Å². The van der Waals surface area contributed by atoms with E-state index in [2.05, 4.69) is 48.3 Å². The molecule has 0 unspecified atom stereocenters. The number of nitrogens with one attached hydrogen (secondary N) is 1. The Bertz CT molecular complexity index is 426. The van der Waals surface area contributed by atoms with Crippen LogP contribution in [0.4, 0.5) is 0 Å². The van der Waals surface area contributed by atoms with Gasteiger partial charge in [0.1, 0.15) is 0 Å². The van der Waals surface area contributed by atoms with Gasteiger partial charge in [0.2, 0.25) is 5.91 Å². The van der Waals surface area contributed by atoms with Crippen molar-refractivity contribution in [2.24, 2.45) is 11.8 Å². The lowest BCUT2D eigenvalue weighted by molar-refractivity contribution is -0.122. The zero-order valence-electron chi connectivity index (χ0n) is 13.3. The van der Waals surface area contributed by atoms with Crippen LogP contribution < -0.4 is 5.32 Å². The molecule has 1 aromatic rings. The van der Waals surface area contributed by atoms with Crippen LogP contribution in [0.25, 0.3) is 0 Å². The first-order chi connectivity index (χ1) is 10.1. The van der Waals surface area contributed by atoms with Gasteiger partial charge in [-0.1, -0.05) is 50.6 Å². The molecule has 21 heavy (non-hydrogen) atoms. The molecule has 1 saturated carbocycles. The van der Waals surface area contributed by atoms with Gasteiger partial charge in [0, 0.05) is 19.6 Å². The zero-order chi connectivity index (χ0) is 15.1. The molecule has 116 valence electrons. The molecular weight excluding hydrogens is 260 g/mol. The molecule has 1 aromatic carbocycles. The SMILES string of the molecule is CC(C)CNC(=O)CN(Cc1ccccc1)CC1CCC1. The molecule has 0 aliphatic heterocycles. The van der Waals surface area contributed by atoms with Gasteiger partial charge >= 0.3 is 0 Å². The predicted octanol–water partition coefficient (Wildman–Crippen LogP) is 3.06. The summed E-state index contributed by atoms with van der Waals surface area (Å²) in [4.78, 5) is 14.4. The Morgan fingerprint density at radius 3 is 2.57 bits per heavy atom. The first kappa shape index (κ1) is 16.0. The van der Waals surface area contributed by atoms with Crippen LogP contribution in [0, 0.1) is 11.8 Å². The van der Waals surface area contributed by atoms with E-state index >= 15 is 0 Å². The summed E-state index contributed by atoms with van der Waals surface area (Å²) in [5, 5.41) is 3.03. The van der Waals surface area contributed by atoms with E-state index in [0.717, 1.165) is 25.6 Å². The van der Waals surface area contributed by atoms with Gasteiger partial charge in [0.05, 0.1) is 6.54 Å². The summed E-state index contributed by atoms with van der Waals surface area (Å²) in [6.07, 6.45) is 3.99. The number of amides is 1. The van der Waals surface area contributed by atoms with Gasteiger partial charge in [-0.05, 0) is 30.2 Å². The maximum absolute atomic E-state index is 12.1. The van der Waals surface area contributed by atoms with Crippen molar-refractivity contribution in [3.05, 3.63) is 35.9 Å². The number of carbonyl (C=O) groups is 1. The summed E-state index contributed by atoms with van der Waals surface area (Å²) in [7, 11) is 0. The third kappa shape index (κ3) is 5.88. The average Bonchev–Trinajstić information content (AvgIpc) is 2.41. The van der Waals surface area contributed by atoms with E-state index < -0.39 is 0 Å². The monoisotopic (exact) mass is 288 g/mol. The fourth-order valence-electron chi connectivity index (χ4n) is 2.64. The summed E-state index contributed by atoms with van der Waals surface area (Å²) in [5.74, 6) is 1.44. The van der Waals surface area contributed by atoms with Crippen LogP contribution in [-0.4, -0.2) is 30.4 Å². The van der Waals surface area contributed by atoms with Crippen molar-refractivity contribution in [1.82, 2.24) is 10.2 Å². The minimum absolute atomic E-state index is 0.152. The standard InChI is InChI=1S/C18H28N2O/c1-15(2)11-19-18(21)14-20(13-17-9-6-10-17)12-16-7-4-3-5-8-16/h3-5,7-8,15,17H,6,9-14H2,1-2H3,(H,19,21). The summed E-state index contributed by atoms with van der Waals surface area (Å²) in [5.41, 5.74) is 1.29. The Balaban J connectivity index is 1.86. The van der Waals surface area contributed by atoms with Crippen molar-refractivity contribution in [2.45, 2.75) is 39.7 Å². The molecule has 2 rings (SSSR count). The maximum Gasteiger partial charge on any atom is 0.234 e. The molecule has 1 aliphatic carbocycles. The molecule has 1 fully saturated rings. The Hall–Kier alpha value is -1.35. The summed E-state index contributed by atoms with van der Waals surface area (Å²) in [6.45, 7) is 7.43. The first-order valence-corrected chi connectivity index (χ1v) is 8.16.